The first kappa shape index (κ1) is 12.0. The van der Waals surface area contributed by atoms with Gasteiger partial charge in [0, 0.05) is 24.3 Å². The van der Waals surface area contributed by atoms with Crippen molar-refractivity contribution in [2.45, 2.75) is 18.3 Å². The number of carboxylic acids is 1. The predicted molar refractivity (Wildman–Crippen MR) is 68.3 cm³/mol. The summed E-state index contributed by atoms with van der Waals surface area (Å²) in [5.74, 6) is -0.905. The number of anilines is 1. The average Bonchev–Trinajstić information content (AvgIpc) is 2.29. The fourth-order valence-electron chi connectivity index (χ4n) is 2.06. The van der Waals surface area contributed by atoms with Crippen LogP contribution in [-0.4, -0.2) is 42.6 Å². The summed E-state index contributed by atoms with van der Waals surface area (Å²) in [5.41, 5.74) is 0.764. The highest BCUT2D eigenvalue weighted by molar-refractivity contribution is 6.14. The Bertz CT molecular complexity index is 406. The van der Waals surface area contributed by atoms with Gasteiger partial charge in [0.1, 0.15) is 7.85 Å². The molecule has 0 saturated carbocycles. The molecule has 17 heavy (non-hydrogen) atoms. The molecule has 0 bridgehead atoms. The van der Waals surface area contributed by atoms with Crippen LogP contribution in [0.25, 0.3) is 0 Å². The van der Waals surface area contributed by atoms with Crippen molar-refractivity contribution in [3.63, 3.8) is 0 Å². The van der Waals surface area contributed by atoms with Gasteiger partial charge in [-0.15, -0.1) is 0 Å². The van der Waals surface area contributed by atoms with Gasteiger partial charge in [0.25, 0.3) is 0 Å². The molecule has 2 rings (SSSR count). The second kappa shape index (κ2) is 4.41. The Balaban J connectivity index is 2.06. The number of aliphatic hydroxyl groups is 1. The van der Waals surface area contributed by atoms with E-state index in [-0.39, 0.29) is 0 Å². The lowest BCUT2D eigenvalue weighted by Gasteiger charge is -2.37. The Morgan fingerprint density at radius 2 is 1.76 bits per heavy atom. The van der Waals surface area contributed by atoms with Crippen LogP contribution in [0.2, 0.25) is 0 Å². The van der Waals surface area contributed by atoms with E-state index < -0.39 is 11.5 Å². The maximum Gasteiger partial charge on any atom is 0.335 e. The largest absolute Gasteiger partial charge is 0.478 e. The highest BCUT2D eigenvalue weighted by Crippen LogP contribution is 2.24. The van der Waals surface area contributed by atoms with Crippen molar-refractivity contribution in [1.29, 1.82) is 0 Å². The summed E-state index contributed by atoms with van der Waals surface area (Å²) in [4.78, 5) is 12.9. The number of hydrogen-bond donors (Lipinski definition) is 2. The van der Waals surface area contributed by atoms with Crippen molar-refractivity contribution in [3.8, 4) is 0 Å². The van der Waals surface area contributed by atoms with Crippen LogP contribution >= 0.6 is 0 Å². The zero-order valence-electron chi connectivity index (χ0n) is 9.89. The Hall–Kier alpha value is -1.49. The van der Waals surface area contributed by atoms with Crippen LogP contribution in [0.3, 0.4) is 0 Å². The van der Waals surface area contributed by atoms with Crippen molar-refractivity contribution in [2.75, 3.05) is 18.0 Å². The quantitative estimate of drug-likeness (QED) is 0.721. The predicted octanol–water partition coefficient (Wildman–Crippen LogP) is 0.307. The zero-order chi connectivity index (χ0) is 12.5. The summed E-state index contributed by atoms with van der Waals surface area (Å²) in [5, 5.41) is 18.7. The van der Waals surface area contributed by atoms with E-state index in [2.05, 4.69) is 4.90 Å². The van der Waals surface area contributed by atoms with Crippen molar-refractivity contribution in [1.82, 2.24) is 0 Å². The zero-order valence-corrected chi connectivity index (χ0v) is 9.89. The molecule has 90 valence electrons. The van der Waals surface area contributed by atoms with Crippen LogP contribution in [0.4, 0.5) is 5.69 Å². The lowest BCUT2D eigenvalue weighted by Crippen LogP contribution is -2.44. The summed E-state index contributed by atoms with van der Waals surface area (Å²) >= 11 is 0. The SMILES string of the molecule is BC1(O)CCN(c2ccc(C(=O)O)cc2)CC1. The number of benzene rings is 1. The van der Waals surface area contributed by atoms with Crippen molar-refractivity contribution >= 4 is 19.5 Å². The van der Waals surface area contributed by atoms with Crippen LogP contribution in [0.1, 0.15) is 23.2 Å². The Morgan fingerprint density at radius 1 is 1.24 bits per heavy atom. The minimum absolute atomic E-state index is 0.303. The third-order valence-electron chi connectivity index (χ3n) is 3.32. The number of rotatable bonds is 2. The molecule has 5 heteroatoms. The normalized spacial score (nSPS) is 19.0. The van der Waals surface area contributed by atoms with E-state index in [4.69, 9.17) is 5.11 Å². The van der Waals surface area contributed by atoms with Crippen LogP contribution in [0.15, 0.2) is 24.3 Å². The first-order chi connectivity index (χ1) is 7.98. The number of hydrogen-bond acceptors (Lipinski definition) is 3. The molecule has 1 saturated heterocycles. The highest BCUT2D eigenvalue weighted by atomic mass is 16.4. The molecule has 4 nitrogen and oxygen atoms in total. The van der Waals surface area contributed by atoms with Crippen LogP contribution in [0, 0.1) is 0 Å². The molecule has 0 aromatic heterocycles. The molecular formula is C12H16BNO3. The molecule has 0 spiro atoms. The average molecular weight is 233 g/mol. The Kier molecular flexibility index (Phi) is 3.11. The molecule has 1 aliphatic rings. The first-order valence-electron chi connectivity index (χ1n) is 5.79. The maximum absolute atomic E-state index is 10.7. The number of carbonyl (C=O) groups is 1. The van der Waals surface area contributed by atoms with E-state index in [1.807, 2.05) is 20.0 Å². The monoisotopic (exact) mass is 233 g/mol. The van der Waals surface area contributed by atoms with E-state index in [0.717, 1.165) is 31.6 Å². The molecule has 1 aliphatic heterocycles. The van der Waals surface area contributed by atoms with Gasteiger partial charge in [-0.2, -0.15) is 0 Å². The van der Waals surface area contributed by atoms with E-state index >= 15 is 0 Å². The lowest BCUT2D eigenvalue weighted by molar-refractivity contribution is 0.0697. The number of nitrogens with zero attached hydrogens (tertiary/aromatic N) is 1. The molecule has 0 amide bonds. The van der Waals surface area contributed by atoms with Gasteiger partial charge in [0.05, 0.1) is 5.56 Å². The number of carboxylic acid groups (broad SMARTS) is 1. The van der Waals surface area contributed by atoms with Gasteiger partial charge in [0.15, 0.2) is 0 Å². The van der Waals surface area contributed by atoms with Crippen LogP contribution < -0.4 is 4.90 Å². The fourth-order valence-corrected chi connectivity index (χ4v) is 2.06. The van der Waals surface area contributed by atoms with Gasteiger partial charge in [-0.1, -0.05) is 0 Å². The second-order valence-corrected chi connectivity index (χ2v) is 4.84. The van der Waals surface area contributed by atoms with Gasteiger partial charge in [-0.25, -0.2) is 4.79 Å². The third kappa shape index (κ3) is 2.80. The first-order valence-corrected chi connectivity index (χ1v) is 5.79. The Labute approximate surface area is 101 Å². The Morgan fingerprint density at radius 3 is 2.24 bits per heavy atom. The molecule has 1 heterocycles. The number of aromatic carboxylic acids is 1. The topological polar surface area (TPSA) is 60.8 Å². The standard InChI is InChI=1S/C12H16BNO3/c13-12(17)5-7-14(8-6-12)10-3-1-9(2-4-10)11(15)16/h1-4,17H,5-8,13H2,(H,15,16). The van der Waals surface area contributed by atoms with E-state index in [1.165, 1.54) is 0 Å². The van der Waals surface area contributed by atoms with Crippen LogP contribution in [0.5, 0.6) is 0 Å². The molecule has 2 N–H and O–H groups in total. The molecule has 1 aromatic carbocycles. The van der Waals surface area contributed by atoms with Crippen LogP contribution in [-0.2, 0) is 0 Å². The minimum atomic E-state index is -0.905. The second-order valence-electron chi connectivity index (χ2n) is 4.84. The summed E-state index contributed by atoms with van der Waals surface area (Å²) in [6, 6.07) is 6.88. The summed E-state index contributed by atoms with van der Waals surface area (Å²) in [6.07, 6.45) is 1.49. The molecule has 0 atom stereocenters. The van der Waals surface area contributed by atoms with Crippen molar-refractivity contribution in [2.24, 2.45) is 0 Å². The summed E-state index contributed by atoms with van der Waals surface area (Å²) < 4.78 is 0. The molecular weight excluding hydrogens is 217 g/mol. The highest BCUT2D eigenvalue weighted by Gasteiger charge is 2.27. The van der Waals surface area contributed by atoms with Gasteiger partial charge in [-0.3, -0.25) is 0 Å². The van der Waals surface area contributed by atoms with Crippen molar-refractivity contribution in [3.05, 3.63) is 29.8 Å². The van der Waals surface area contributed by atoms with Gasteiger partial charge in [0.2, 0.25) is 0 Å². The molecule has 1 aromatic rings. The van der Waals surface area contributed by atoms with E-state index in [1.54, 1.807) is 12.1 Å². The van der Waals surface area contributed by atoms with Gasteiger partial charge >= 0.3 is 5.97 Å². The van der Waals surface area contributed by atoms with E-state index in [0.29, 0.717) is 5.56 Å². The summed E-state index contributed by atoms with van der Waals surface area (Å²) in [6.45, 7) is 1.61. The molecule has 0 aliphatic carbocycles. The molecule has 0 radical (unpaired) electrons. The minimum Gasteiger partial charge on any atom is -0.478 e. The maximum atomic E-state index is 10.7. The lowest BCUT2D eigenvalue weighted by atomic mass is 9.74. The van der Waals surface area contributed by atoms with Gasteiger partial charge in [-0.05, 0) is 37.1 Å². The fraction of sp³-hybridized carbons (Fsp3) is 0.417. The molecule has 1 fully saturated rings. The van der Waals surface area contributed by atoms with Gasteiger partial charge < -0.3 is 15.1 Å². The van der Waals surface area contributed by atoms with E-state index in [9.17, 15) is 9.90 Å². The summed E-state index contributed by atoms with van der Waals surface area (Å²) in [7, 11) is 1.86. The third-order valence-corrected chi connectivity index (χ3v) is 3.32. The van der Waals surface area contributed by atoms with Crippen molar-refractivity contribution < 1.29 is 15.0 Å². The number of piperidine rings is 1. The molecule has 0 unspecified atom stereocenters. The smallest absolute Gasteiger partial charge is 0.335 e.